The van der Waals surface area contributed by atoms with Crippen molar-refractivity contribution in [1.82, 2.24) is 0 Å². The maximum Gasteiger partial charge on any atom is 0.219 e. The molecule has 0 saturated carbocycles. The first-order valence-corrected chi connectivity index (χ1v) is 2.86. The van der Waals surface area contributed by atoms with E-state index in [0.717, 1.165) is 0 Å². The van der Waals surface area contributed by atoms with Gasteiger partial charge in [-0.15, -0.1) is 0 Å². The minimum Gasteiger partial charge on any atom is -0.369 e. The van der Waals surface area contributed by atoms with Crippen LogP contribution in [0.5, 0.6) is 0 Å². The SMILES string of the molecule is C=CC#N.CC(C)C(N)=O. The number of hydrogen-bond acceptors (Lipinski definition) is 2. The van der Waals surface area contributed by atoms with Crippen LogP contribution in [0.2, 0.25) is 0 Å². The molecule has 0 aromatic heterocycles. The fraction of sp³-hybridized carbons (Fsp3) is 0.429. The molecule has 0 aliphatic rings. The number of allylic oxidation sites excluding steroid dienone is 1. The number of nitrogens with two attached hydrogens (primary N) is 1. The molecule has 0 aromatic rings. The lowest BCUT2D eigenvalue weighted by Gasteiger charge is -1.90. The molecular weight excluding hydrogens is 128 g/mol. The Morgan fingerprint density at radius 3 is 2.00 bits per heavy atom. The first kappa shape index (κ1) is 11.5. The fourth-order valence-corrected chi connectivity index (χ4v) is 0. The van der Waals surface area contributed by atoms with Crippen molar-refractivity contribution in [2.45, 2.75) is 13.8 Å². The van der Waals surface area contributed by atoms with Crippen LogP contribution in [-0.4, -0.2) is 5.91 Å². The minimum absolute atomic E-state index is 0.00926. The summed E-state index contributed by atoms with van der Waals surface area (Å²) < 4.78 is 0. The summed E-state index contributed by atoms with van der Waals surface area (Å²) in [5.41, 5.74) is 4.80. The summed E-state index contributed by atoms with van der Waals surface area (Å²) in [6.45, 7) is 6.65. The van der Waals surface area contributed by atoms with Crippen LogP contribution in [0.25, 0.3) is 0 Å². The smallest absolute Gasteiger partial charge is 0.219 e. The maximum atomic E-state index is 9.92. The molecule has 0 fully saturated rings. The van der Waals surface area contributed by atoms with Crippen molar-refractivity contribution in [2.75, 3.05) is 0 Å². The van der Waals surface area contributed by atoms with Crippen LogP contribution < -0.4 is 5.73 Å². The van der Waals surface area contributed by atoms with Crippen LogP contribution in [0, 0.1) is 17.2 Å². The van der Waals surface area contributed by atoms with Gasteiger partial charge in [0.1, 0.15) is 0 Å². The highest BCUT2D eigenvalue weighted by molar-refractivity contribution is 5.75. The van der Waals surface area contributed by atoms with Gasteiger partial charge >= 0.3 is 0 Å². The third-order valence-electron chi connectivity index (χ3n) is 0.660. The molecule has 0 unspecified atom stereocenters. The molecule has 0 spiro atoms. The van der Waals surface area contributed by atoms with Crippen LogP contribution in [0.3, 0.4) is 0 Å². The van der Waals surface area contributed by atoms with E-state index in [4.69, 9.17) is 11.0 Å². The Hall–Kier alpha value is -1.30. The molecule has 0 aromatic carbocycles. The maximum absolute atomic E-state index is 9.92. The molecule has 0 saturated heterocycles. The zero-order chi connectivity index (χ0) is 8.57. The van der Waals surface area contributed by atoms with Crippen LogP contribution in [-0.2, 0) is 4.79 Å². The second kappa shape index (κ2) is 7.70. The lowest BCUT2D eigenvalue weighted by atomic mass is 10.2. The highest BCUT2D eigenvalue weighted by atomic mass is 16.1. The number of hydrogen-bond donors (Lipinski definition) is 1. The van der Waals surface area contributed by atoms with Crippen molar-refractivity contribution in [3.8, 4) is 6.07 Å². The molecule has 10 heavy (non-hydrogen) atoms. The van der Waals surface area contributed by atoms with E-state index in [2.05, 4.69) is 6.58 Å². The number of nitrogens with zero attached hydrogens (tertiary/aromatic N) is 1. The summed E-state index contributed by atoms with van der Waals surface area (Å²) in [5, 5.41) is 7.51. The quantitative estimate of drug-likeness (QED) is 0.548. The summed E-state index contributed by atoms with van der Waals surface area (Å²) in [6, 6.07) is 1.69. The van der Waals surface area contributed by atoms with Gasteiger partial charge in [0, 0.05) is 12.0 Å². The molecule has 2 N–H and O–H groups in total. The molecule has 0 bridgehead atoms. The standard InChI is InChI=1S/C4H9NO.C3H3N/c1-3(2)4(5)6;1-2-3-4/h3H,1-2H3,(H2,5,6);2H,1H2. The van der Waals surface area contributed by atoms with E-state index in [-0.39, 0.29) is 11.8 Å². The topological polar surface area (TPSA) is 66.9 Å². The summed E-state index contributed by atoms with van der Waals surface area (Å²) in [6.07, 6.45) is 1.18. The molecule has 3 heteroatoms. The highest BCUT2D eigenvalue weighted by Crippen LogP contribution is 1.84. The lowest BCUT2D eigenvalue weighted by molar-refractivity contribution is -0.120. The van der Waals surface area contributed by atoms with Gasteiger partial charge in [0.2, 0.25) is 5.91 Å². The summed E-state index contributed by atoms with van der Waals surface area (Å²) in [7, 11) is 0. The summed E-state index contributed by atoms with van der Waals surface area (Å²) in [5.74, 6) is -0.250. The van der Waals surface area contributed by atoms with Gasteiger partial charge in [0.25, 0.3) is 0 Å². The number of carbonyl (C=O) groups excluding carboxylic acids is 1. The van der Waals surface area contributed by atoms with Crippen molar-refractivity contribution < 1.29 is 4.79 Å². The molecule has 0 atom stereocenters. The summed E-state index contributed by atoms with van der Waals surface area (Å²) in [4.78, 5) is 9.92. The van der Waals surface area contributed by atoms with Crippen LogP contribution in [0.15, 0.2) is 12.7 Å². The van der Waals surface area contributed by atoms with E-state index >= 15 is 0 Å². The molecule has 0 rings (SSSR count). The Balaban J connectivity index is 0. The van der Waals surface area contributed by atoms with Gasteiger partial charge < -0.3 is 5.73 Å². The molecule has 0 radical (unpaired) electrons. The van der Waals surface area contributed by atoms with Crippen LogP contribution >= 0.6 is 0 Å². The predicted molar refractivity (Wildman–Crippen MR) is 39.8 cm³/mol. The number of rotatable bonds is 1. The first-order chi connectivity index (χ1) is 4.56. The lowest BCUT2D eigenvalue weighted by Crippen LogP contribution is -2.17. The molecular formula is C7H12N2O. The number of amides is 1. The van der Waals surface area contributed by atoms with Gasteiger partial charge in [-0.05, 0) is 0 Å². The molecule has 0 heterocycles. The molecule has 0 aliphatic heterocycles. The fourth-order valence-electron chi connectivity index (χ4n) is 0. The largest absolute Gasteiger partial charge is 0.369 e. The number of nitriles is 1. The van der Waals surface area contributed by atoms with E-state index in [0.29, 0.717) is 0 Å². The highest BCUT2D eigenvalue weighted by Gasteiger charge is 1.96. The van der Waals surface area contributed by atoms with Gasteiger partial charge in [-0.3, -0.25) is 4.79 Å². The zero-order valence-corrected chi connectivity index (χ0v) is 6.29. The van der Waals surface area contributed by atoms with Gasteiger partial charge in [-0.25, -0.2) is 0 Å². The third kappa shape index (κ3) is 15.9. The van der Waals surface area contributed by atoms with Gasteiger partial charge in [-0.2, -0.15) is 5.26 Å². The van der Waals surface area contributed by atoms with Gasteiger partial charge in [0.05, 0.1) is 6.07 Å². The van der Waals surface area contributed by atoms with E-state index < -0.39 is 0 Å². The van der Waals surface area contributed by atoms with E-state index in [1.54, 1.807) is 19.9 Å². The monoisotopic (exact) mass is 140 g/mol. The van der Waals surface area contributed by atoms with Crippen LogP contribution in [0.4, 0.5) is 0 Å². The molecule has 0 aliphatic carbocycles. The molecule has 1 amide bonds. The average Bonchev–Trinajstić information content (AvgIpc) is 1.89. The summed E-state index contributed by atoms with van der Waals surface area (Å²) >= 11 is 0. The predicted octanol–water partition coefficient (Wildman–Crippen LogP) is 0.824. The van der Waals surface area contributed by atoms with Crippen molar-refractivity contribution in [2.24, 2.45) is 11.7 Å². The van der Waals surface area contributed by atoms with Gasteiger partial charge in [0.15, 0.2) is 0 Å². The van der Waals surface area contributed by atoms with Crippen molar-refractivity contribution >= 4 is 5.91 Å². The van der Waals surface area contributed by atoms with Crippen molar-refractivity contribution in [3.63, 3.8) is 0 Å². The van der Waals surface area contributed by atoms with Gasteiger partial charge in [-0.1, -0.05) is 20.4 Å². The Morgan fingerprint density at radius 2 is 2.00 bits per heavy atom. The Kier molecular flexibility index (Phi) is 8.85. The second-order valence-electron chi connectivity index (χ2n) is 1.89. The normalized spacial score (nSPS) is 7.00. The Bertz CT molecular complexity index is 144. The van der Waals surface area contributed by atoms with E-state index in [1.807, 2.05) is 0 Å². The van der Waals surface area contributed by atoms with Crippen molar-refractivity contribution in [1.29, 1.82) is 5.26 Å². The zero-order valence-electron chi connectivity index (χ0n) is 6.29. The Morgan fingerprint density at radius 1 is 1.80 bits per heavy atom. The Labute approximate surface area is 61.1 Å². The van der Waals surface area contributed by atoms with E-state index in [1.165, 1.54) is 6.08 Å². The van der Waals surface area contributed by atoms with E-state index in [9.17, 15) is 4.79 Å². The minimum atomic E-state index is -0.241. The average molecular weight is 140 g/mol. The molecule has 56 valence electrons. The first-order valence-electron chi connectivity index (χ1n) is 2.86. The van der Waals surface area contributed by atoms with Crippen molar-refractivity contribution in [3.05, 3.63) is 12.7 Å². The molecule has 3 nitrogen and oxygen atoms in total. The number of carbonyl (C=O) groups is 1. The third-order valence-corrected chi connectivity index (χ3v) is 0.660. The van der Waals surface area contributed by atoms with Crippen LogP contribution in [0.1, 0.15) is 13.8 Å². The number of primary amides is 1. The second-order valence-corrected chi connectivity index (χ2v) is 1.89.